The van der Waals surface area contributed by atoms with Crippen LogP contribution in [0.2, 0.25) is 0 Å². The molecule has 0 saturated carbocycles. The maximum absolute atomic E-state index is 9.91. The molecule has 0 spiro atoms. The highest BCUT2D eigenvalue weighted by atomic mass is 127. The van der Waals surface area contributed by atoms with Gasteiger partial charge in [-0.25, -0.2) is 3.11 Å². The van der Waals surface area contributed by atoms with Gasteiger partial charge in [-0.1, -0.05) is 30.3 Å². The van der Waals surface area contributed by atoms with E-state index in [0.717, 1.165) is 5.56 Å². The van der Waals surface area contributed by atoms with Gasteiger partial charge in [0.1, 0.15) is 0 Å². The van der Waals surface area contributed by atoms with Crippen LogP contribution >= 0.6 is 22.9 Å². The van der Waals surface area contributed by atoms with Crippen LogP contribution in [0, 0.1) is 0 Å². The van der Waals surface area contributed by atoms with Crippen LogP contribution in [0.4, 0.5) is 0 Å². The highest BCUT2D eigenvalue weighted by Gasteiger charge is 2.18. The zero-order chi connectivity index (χ0) is 9.84. The lowest BCUT2D eigenvalue weighted by molar-refractivity contribution is 0.118. The molecule has 3 heteroatoms. The lowest BCUT2D eigenvalue weighted by Crippen LogP contribution is -2.26. The predicted molar refractivity (Wildman–Crippen MR) is 62.6 cm³/mol. The van der Waals surface area contributed by atoms with E-state index < -0.39 is 6.10 Å². The molecule has 0 heterocycles. The Morgan fingerprint density at radius 1 is 1.31 bits per heavy atom. The zero-order valence-electron chi connectivity index (χ0n) is 7.81. The first-order chi connectivity index (χ1) is 6.13. The topological polar surface area (TPSA) is 23.5 Å². The van der Waals surface area contributed by atoms with Crippen molar-refractivity contribution in [3.8, 4) is 0 Å². The Morgan fingerprint density at radius 2 is 1.85 bits per heavy atom. The molecule has 0 saturated heterocycles. The third-order valence-electron chi connectivity index (χ3n) is 2.16. The van der Waals surface area contributed by atoms with E-state index in [0.29, 0.717) is 0 Å². The molecule has 0 unspecified atom stereocenters. The van der Waals surface area contributed by atoms with Crippen molar-refractivity contribution >= 4 is 22.9 Å². The second kappa shape index (κ2) is 4.93. The summed E-state index contributed by atoms with van der Waals surface area (Å²) in [6.07, 6.45) is -0.414. The molecule has 0 bridgehead atoms. The summed E-state index contributed by atoms with van der Waals surface area (Å²) in [6, 6.07) is 9.86. The van der Waals surface area contributed by atoms with Crippen molar-refractivity contribution < 1.29 is 5.11 Å². The van der Waals surface area contributed by atoms with Gasteiger partial charge in [0, 0.05) is 28.9 Å². The quantitative estimate of drug-likeness (QED) is 0.683. The lowest BCUT2D eigenvalue weighted by atomic mass is 10.0. The first-order valence-electron chi connectivity index (χ1n) is 4.24. The van der Waals surface area contributed by atoms with Gasteiger partial charge in [0.25, 0.3) is 0 Å². The fraction of sp³-hybridized carbons (Fsp3) is 0.400. The Morgan fingerprint density at radius 3 is 2.31 bits per heavy atom. The average molecular weight is 291 g/mol. The molecular weight excluding hydrogens is 277 g/mol. The Labute approximate surface area is 93.1 Å². The molecule has 1 N–H and O–H groups in total. The predicted octanol–water partition coefficient (Wildman–Crippen LogP) is 2.39. The van der Waals surface area contributed by atoms with Crippen molar-refractivity contribution in [3.05, 3.63) is 35.9 Å². The molecule has 0 amide bonds. The average Bonchev–Trinajstić information content (AvgIpc) is 2.17. The van der Waals surface area contributed by atoms with Crippen LogP contribution in [0.3, 0.4) is 0 Å². The summed E-state index contributed by atoms with van der Waals surface area (Å²) < 4.78 is 1.98. The minimum absolute atomic E-state index is 0.128. The molecule has 72 valence electrons. The number of aliphatic hydroxyl groups is 1. The van der Waals surface area contributed by atoms with Crippen LogP contribution in [0.25, 0.3) is 0 Å². The summed E-state index contributed by atoms with van der Waals surface area (Å²) in [5, 5.41) is 9.91. The SMILES string of the molecule is C[C@@H]([C@@H](O)c1ccccc1)N(C)I. The van der Waals surface area contributed by atoms with Crippen LogP contribution in [0.15, 0.2) is 30.3 Å². The molecule has 0 aliphatic heterocycles. The van der Waals surface area contributed by atoms with Gasteiger partial charge in [0.2, 0.25) is 0 Å². The van der Waals surface area contributed by atoms with E-state index in [2.05, 4.69) is 22.9 Å². The van der Waals surface area contributed by atoms with Crippen molar-refractivity contribution in [2.24, 2.45) is 0 Å². The summed E-state index contributed by atoms with van der Waals surface area (Å²) in [6.45, 7) is 2.00. The highest BCUT2D eigenvalue weighted by Crippen LogP contribution is 2.21. The normalized spacial score (nSPS) is 15.8. The second-order valence-corrected chi connectivity index (χ2v) is 4.64. The first-order valence-corrected chi connectivity index (χ1v) is 5.21. The molecule has 2 atom stereocenters. The summed E-state index contributed by atoms with van der Waals surface area (Å²) in [5.74, 6) is 0. The number of rotatable bonds is 3. The fourth-order valence-electron chi connectivity index (χ4n) is 1.12. The number of hydrogen-bond acceptors (Lipinski definition) is 2. The van der Waals surface area contributed by atoms with Crippen molar-refractivity contribution in [2.75, 3.05) is 7.05 Å². The van der Waals surface area contributed by atoms with Gasteiger partial charge in [0.05, 0.1) is 6.10 Å². The van der Waals surface area contributed by atoms with Gasteiger partial charge in [-0.05, 0) is 19.5 Å². The monoisotopic (exact) mass is 291 g/mol. The number of benzene rings is 1. The molecule has 0 aliphatic carbocycles. The smallest absolute Gasteiger partial charge is 0.0950 e. The maximum Gasteiger partial charge on any atom is 0.0950 e. The van der Waals surface area contributed by atoms with E-state index in [1.165, 1.54) is 0 Å². The Balaban J connectivity index is 2.73. The number of nitrogens with zero attached hydrogens (tertiary/aromatic N) is 1. The van der Waals surface area contributed by atoms with Gasteiger partial charge in [-0.2, -0.15) is 0 Å². The molecule has 1 aromatic rings. The van der Waals surface area contributed by atoms with Crippen LogP contribution < -0.4 is 0 Å². The minimum Gasteiger partial charge on any atom is -0.387 e. The zero-order valence-corrected chi connectivity index (χ0v) is 9.97. The molecule has 2 nitrogen and oxygen atoms in total. The molecule has 0 radical (unpaired) electrons. The van der Waals surface area contributed by atoms with E-state index in [1.807, 2.05) is 47.4 Å². The van der Waals surface area contributed by atoms with Crippen molar-refractivity contribution in [1.82, 2.24) is 3.11 Å². The van der Waals surface area contributed by atoms with Crippen molar-refractivity contribution in [1.29, 1.82) is 0 Å². The summed E-state index contributed by atoms with van der Waals surface area (Å²) in [7, 11) is 1.96. The summed E-state index contributed by atoms with van der Waals surface area (Å²) >= 11 is 2.18. The van der Waals surface area contributed by atoms with E-state index in [9.17, 15) is 5.11 Å². The van der Waals surface area contributed by atoms with Gasteiger partial charge < -0.3 is 5.11 Å². The number of aliphatic hydroxyl groups excluding tert-OH is 1. The molecule has 1 rings (SSSR count). The van der Waals surface area contributed by atoms with Crippen LogP contribution in [-0.4, -0.2) is 21.3 Å². The third-order valence-corrected chi connectivity index (χ3v) is 3.04. The van der Waals surface area contributed by atoms with E-state index in [1.54, 1.807) is 0 Å². The second-order valence-electron chi connectivity index (χ2n) is 3.12. The molecule has 0 fully saturated rings. The Hall–Kier alpha value is -0.130. The molecule has 0 aromatic heterocycles. The van der Waals surface area contributed by atoms with Gasteiger partial charge in [-0.15, -0.1) is 0 Å². The van der Waals surface area contributed by atoms with Crippen LogP contribution in [0.5, 0.6) is 0 Å². The number of halogens is 1. The van der Waals surface area contributed by atoms with Gasteiger partial charge >= 0.3 is 0 Å². The minimum atomic E-state index is -0.414. The maximum atomic E-state index is 9.91. The van der Waals surface area contributed by atoms with Crippen molar-refractivity contribution in [2.45, 2.75) is 19.1 Å². The molecule has 0 aliphatic rings. The van der Waals surface area contributed by atoms with Crippen LogP contribution in [-0.2, 0) is 0 Å². The molecule has 1 aromatic carbocycles. The lowest BCUT2D eigenvalue weighted by Gasteiger charge is -2.23. The van der Waals surface area contributed by atoms with Crippen LogP contribution in [0.1, 0.15) is 18.6 Å². The number of likely N-dealkylation sites (N-methyl/N-ethyl adjacent to an activating group) is 1. The van der Waals surface area contributed by atoms with E-state index >= 15 is 0 Å². The first kappa shape index (κ1) is 10.9. The number of hydrogen-bond donors (Lipinski definition) is 1. The fourth-order valence-corrected chi connectivity index (χ4v) is 1.43. The molecule has 13 heavy (non-hydrogen) atoms. The van der Waals surface area contributed by atoms with Gasteiger partial charge in [-0.3, -0.25) is 0 Å². The van der Waals surface area contributed by atoms with E-state index in [-0.39, 0.29) is 6.04 Å². The Kier molecular flexibility index (Phi) is 4.15. The summed E-state index contributed by atoms with van der Waals surface area (Å²) in [5.41, 5.74) is 0.971. The third kappa shape index (κ3) is 2.93. The highest BCUT2D eigenvalue weighted by molar-refractivity contribution is 14.1. The van der Waals surface area contributed by atoms with E-state index in [4.69, 9.17) is 0 Å². The standard InChI is InChI=1S/C10H14INO/c1-8(12(2)11)10(13)9-6-4-3-5-7-9/h3-8,10,13H,1-2H3/t8-,10+/m0/s1. The largest absolute Gasteiger partial charge is 0.387 e. The summed E-state index contributed by atoms with van der Waals surface area (Å²) in [4.78, 5) is 0. The Bertz CT molecular complexity index is 250. The van der Waals surface area contributed by atoms with Gasteiger partial charge in [0.15, 0.2) is 0 Å². The molecular formula is C10H14INO. The van der Waals surface area contributed by atoms with Crippen molar-refractivity contribution in [3.63, 3.8) is 0 Å².